The molecule has 4 aliphatic rings. The zero-order chi connectivity index (χ0) is 34.0. The molecule has 0 spiro atoms. The summed E-state index contributed by atoms with van der Waals surface area (Å²) in [5, 5.41) is 6.74. The van der Waals surface area contributed by atoms with Crippen molar-refractivity contribution in [2.24, 2.45) is 5.73 Å². The van der Waals surface area contributed by atoms with E-state index < -0.39 is 6.09 Å². The lowest BCUT2D eigenvalue weighted by Crippen LogP contribution is -2.29. The third-order valence-corrected chi connectivity index (χ3v) is 10.7. The molecule has 5 aromatic rings. The van der Waals surface area contributed by atoms with E-state index in [0.717, 1.165) is 40.6 Å². The van der Waals surface area contributed by atoms with Gasteiger partial charge in [0.05, 0.1) is 11.2 Å². The van der Waals surface area contributed by atoms with Crippen LogP contribution in [0.3, 0.4) is 0 Å². The van der Waals surface area contributed by atoms with E-state index in [9.17, 15) is 4.79 Å². The van der Waals surface area contributed by atoms with Crippen molar-refractivity contribution in [3.05, 3.63) is 158 Å². The summed E-state index contributed by atoms with van der Waals surface area (Å²) in [6, 6.07) is 35.5. The van der Waals surface area contributed by atoms with Crippen LogP contribution in [0.25, 0.3) is 45.1 Å². The minimum atomic E-state index is -0.414. The average Bonchev–Trinajstić information content (AvgIpc) is 3.55. The number of benzene rings is 5. The number of aryl methyl sites for hydroxylation is 1. The third kappa shape index (κ3) is 6.26. The van der Waals surface area contributed by atoms with Crippen molar-refractivity contribution in [1.29, 1.82) is 0 Å². The molecule has 5 nitrogen and oxygen atoms in total. The number of aromatic nitrogens is 2. The Morgan fingerprint density at radius 1 is 0.840 bits per heavy atom. The van der Waals surface area contributed by atoms with Gasteiger partial charge < -0.3 is 10.5 Å². The topological polar surface area (TPSA) is 70.1 Å². The summed E-state index contributed by atoms with van der Waals surface area (Å²) in [5.74, 6) is 0.496. The van der Waals surface area contributed by atoms with Crippen LogP contribution in [0.2, 0.25) is 0 Å². The molecule has 1 unspecified atom stereocenters. The van der Waals surface area contributed by atoms with Crippen LogP contribution in [-0.2, 0) is 24.3 Å². The molecule has 0 bridgehead atoms. The number of rotatable bonds is 4. The van der Waals surface area contributed by atoms with Gasteiger partial charge in [-0.05, 0) is 99.3 Å². The number of halogens is 1. The molecular formula is C44H38BrN3O2. The quantitative estimate of drug-likeness (QED) is 0.197. The lowest BCUT2D eigenvalue weighted by Gasteiger charge is -2.28. The Kier molecular flexibility index (Phi) is 9.05. The molecule has 0 amide bonds. The number of nitrogens with two attached hydrogens (primary N) is 1. The Morgan fingerprint density at radius 2 is 1.62 bits per heavy atom. The number of ether oxygens (including phenoxy) is 1. The smallest absolute Gasteiger partial charge is 0.418 e. The minimum absolute atomic E-state index is 0.251. The maximum absolute atomic E-state index is 12.2. The number of para-hydroxylation sites is 1. The first kappa shape index (κ1) is 32.2. The number of hydrogen-bond donors (Lipinski definition) is 1. The maximum atomic E-state index is 12.2. The van der Waals surface area contributed by atoms with Gasteiger partial charge in [-0.15, -0.1) is 0 Å². The van der Waals surface area contributed by atoms with E-state index in [1.807, 2.05) is 60.7 Å². The van der Waals surface area contributed by atoms with Crippen LogP contribution in [0, 0.1) is 0 Å². The Bertz CT molecular complexity index is 2430. The number of carbonyl (C=O) groups is 1. The standard InChI is InChI=1S/C25H24BrN.C19H14N2O2/c26-25-14-24-20-7-3-6-18(17-10-8-16(15-27)9-11-17)21(20)12-13-22(24)19-4-1-2-5-23(19)25;22-19(23-13-14-6-2-1-3-7-14)21-11-10-16-15-8-4-5-9-17(15)20-18(16)12-21/h4-5,8-14,18H,1-3,6-7,15,27H2;1-12H,13H2. The minimum Gasteiger partial charge on any atom is -0.444 e. The monoisotopic (exact) mass is 719 g/mol. The van der Waals surface area contributed by atoms with Gasteiger partial charge in [0.2, 0.25) is 0 Å². The molecule has 0 saturated carbocycles. The maximum Gasteiger partial charge on any atom is 0.418 e. The number of hydrogen-bond acceptors (Lipinski definition) is 4. The predicted molar refractivity (Wildman–Crippen MR) is 207 cm³/mol. The molecule has 50 heavy (non-hydrogen) atoms. The lowest BCUT2D eigenvalue weighted by molar-refractivity contribution is 0.141. The predicted octanol–water partition coefficient (Wildman–Crippen LogP) is 9.21. The first-order valence-electron chi connectivity index (χ1n) is 17.4. The number of pyridine rings is 1. The molecule has 248 valence electrons. The van der Waals surface area contributed by atoms with Gasteiger partial charge in [-0.1, -0.05) is 113 Å². The van der Waals surface area contributed by atoms with Crippen LogP contribution in [0.15, 0.2) is 120 Å². The van der Waals surface area contributed by atoms with E-state index in [1.165, 1.54) is 66.2 Å². The summed E-state index contributed by atoms with van der Waals surface area (Å²) in [4.78, 5) is 16.7. The van der Waals surface area contributed by atoms with E-state index in [0.29, 0.717) is 12.5 Å². The summed E-state index contributed by atoms with van der Waals surface area (Å²) in [5.41, 5.74) is 15.2. The lowest BCUT2D eigenvalue weighted by atomic mass is 9.77. The first-order valence-corrected chi connectivity index (χ1v) is 18.2. The van der Waals surface area contributed by atoms with Crippen LogP contribution < -0.4 is 16.2 Å². The molecule has 0 saturated heterocycles. The van der Waals surface area contributed by atoms with E-state index in [4.69, 9.17) is 10.5 Å². The van der Waals surface area contributed by atoms with E-state index in [-0.39, 0.29) is 6.61 Å². The van der Waals surface area contributed by atoms with Crippen molar-refractivity contribution in [3.63, 3.8) is 0 Å². The molecule has 2 aliphatic carbocycles. The van der Waals surface area contributed by atoms with E-state index in [2.05, 4.69) is 75.5 Å². The first-order chi connectivity index (χ1) is 24.6. The molecule has 2 N–H and O–H groups in total. The second-order valence-corrected chi connectivity index (χ2v) is 14.0. The Labute approximate surface area is 300 Å². The highest BCUT2D eigenvalue weighted by atomic mass is 79.9. The third-order valence-electron chi connectivity index (χ3n) is 10.1. The fraction of sp³-hybridized carbons (Fsp3) is 0.182. The van der Waals surface area contributed by atoms with Crippen molar-refractivity contribution in [2.75, 3.05) is 0 Å². The van der Waals surface area contributed by atoms with Crippen LogP contribution >= 0.6 is 15.9 Å². The Hall–Kier alpha value is -5.04. The highest BCUT2D eigenvalue weighted by Gasteiger charge is 2.24. The van der Waals surface area contributed by atoms with Gasteiger partial charge in [0.25, 0.3) is 0 Å². The van der Waals surface area contributed by atoms with Crippen LogP contribution in [0.1, 0.15) is 59.4 Å². The summed E-state index contributed by atoms with van der Waals surface area (Å²) in [6.07, 6.45) is 13.7. The summed E-state index contributed by atoms with van der Waals surface area (Å²) in [7, 11) is 0. The van der Waals surface area contributed by atoms with Gasteiger partial charge >= 0.3 is 6.09 Å². The second-order valence-electron chi connectivity index (χ2n) is 13.1. The highest BCUT2D eigenvalue weighted by molar-refractivity contribution is 9.10. The van der Waals surface area contributed by atoms with Gasteiger partial charge in [-0.25, -0.2) is 9.78 Å². The zero-order valence-electron chi connectivity index (χ0n) is 27.8. The van der Waals surface area contributed by atoms with E-state index in [1.54, 1.807) is 18.0 Å². The number of carbonyl (C=O) groups excluding carboxylic acids is 1. The average molecular weight is 721 g/mol. The fourth-order valence-corrected chi connectivity index (χ4v) is 8.16. The molecule has 2 heterocycles. The fourth-order valence-electron chi connectivity index (χ4n) is 7.56. The molecule has 0 fully saturated rings. The van der Waals surface area contributed by atoms with Gasteiger partial charge in [0.15, 0.2) is 0 Å². The van der Waals surface area contributed by atoms with Crippen molar-refractivity contribution in [2.45, 2.75) is 51.2 Å². The Morgan fingerprint density at radius 3 is 2.44 bits per heavy atom. The molecule has 0 aromatic heterocycles. The van der Waals surface area contributed by atoms with Crippen molar-refractivity contribution in [1.82, 2.24) is 9.55 Å². The molecular weight excluding hydrogens is 682 g/mol. The van der Waals surface area contributed by atoms with Crippen LogP contribution in [0.5, 0.6) is 0 Å². The van der Waals surface area contributed by atoms with Crippen molar-refractivity contribution in [3.8, 4) is 11.3 Å². The van der Waals surface area contributed by atoms with Crippen LogP contribution in [0.4, 0.5) is 4.79 Å². The second kappa shape index (κ2) is 14.1. The van der Waals surface area contributed by atoms with Gasteiger partial charge in [-0.3, -0.25) is 4.57 Å². The summed E-state index contributed by atoms with van der Waals surface area (Å²) < 4.78 is 8.00. The zero-order valence-corrected chi connectivity index (χ0v) is 29.4. The number of fused-ring (bicyclic) bond motifs is 8. The summed E-state index contributed by atoms with van der Waals surface area (Å²) in [6.45, 7) is 0.861. The molecule has 2 aliphatic heterocycles. The molecule has 6 heteroatoms. The molecule has 0 radical (unpaired) electrons. The van der Waals surface area contributed by atoms with Gasteiger partial charge in [0.1, 0.15) is 6.61 Å². The molecule has 9 rings (SSSR count). The Balaban J connectivity index is 0.000000146. The van der Waals surface area contributed by atoms with Crippen molar-refractivity contribution < 1.29 is 9.53 Å². The SMILES string of the molecule is NCc1ccc(C2CCCc3c2ccc2c4c(c(Br)cc32)=CCCC=4)cc1.O=C(OCc1ccccc1)n1ccc2c3ccccc3nc-2c1. The van der Waals surface area contributed by atoms with Gasteiger partial charge in [0, 0.05) is 40.3 Å². The molecule has 1 atom stereocenters. The van der Waals surface area contributed by atoms with Crippen molar-refractivity contribution >= 4 is 55.9 Å². The highest BCUT2D eigenvalue weighted by Crippen LogP contribution is 2.40. The van der Waals surface area contributed by atoms with Crippen LogP contribution in [-0.4, -0.2) is 15.6 Å². The normalized spacial score (nSPS) is 15.0. The van der Waals surface area contributed by atoms with Gasteiger partial charge in [-0.2, -0.15) is 0 Å². The summed E-state index contributed by atoms with van der Waals surface area (Å²) >= 11 is 3.84. The molecule has 5 aromatic carbocycles. The van der Waals surface area contributed by atoms with E-state index >= 15 is 0 Å². The largest absolute Gasteiger partial charge is 0.444 e. The number of nitrogens with zero attached hydrogens (tertiary/aromatic N) is 2.